The van der Waals surface area contributed by atoms with Crippen molar-refractivity contribution in [1.82, 2.24) is 0 Å². The van der Waals surface area contributed by atoms with Crippen molar-refractivity contribution in [1.29, 1.82) is 0 Å². The maximum absolute atomic E-state index is 3.12. The molecule has 14 heavy (non-hydrogen) atoms. The molecule has 0 spiro atoms. The Bertz CT molecular complexity index is 215. The molecule has 0 N–H and O–H groups in total. The van der Waals surface area contributed by atoms with E-state index in [1.165, 1.54) is 5.57 Å². The molecule has 0 aliphatic heterocycles. The van der Waals surface area contributed by atoms with Crippen LogP contribution in [0.15, 0.2) is 36.0 Å². The molecule has 0 aromatic carbocycles. The van der Waals surface area contributed by atoms with Gasteiger partial charge in [-0.25, -0.2) is 23.8 Å². The summed E-state index contributed by atoms with van der Waals surface area (Å²) in [5.74, 6) is 0. The summed E-state index contributed by atoms with van der Waals surface area (Å²) in [6.45, 7) is 2.06. The molecule has 0 aromatic heterocycles. The van der Waals surface area contributed by atoms with Gasteiger partial charge in [0, 0.05) is 0 Å². The smallest absolute Gasteiger partial charge is 1.00 e. The first kappa shape index (κ1) is 19.9. The van der Waals surface area contributed by atoms with Crippen LogP contribution in [0.4, 0.5) is 0 Å². The Labute approximate surface area is 118 Å². The van der Waals surface area contributed by atoms with E-state index in [0.29, 0.717) is 0 Å². The fourth-order valence-corrected chi connectivity index (χ4v) is 0.855. The van der Waals surface area contributed by atoms with Crippen LogP contribution in [0.25, 0.3) is 0 Å². The zero-order chi connectivity index (χ0) is 7.94. The van der Waals surface area contributed by atoms with Gasteiger partial charge in [-0.2, -0.15) is 12.2 Å². The van der Waals surface area contributed by atoms with Crippen molar-refractivity contribution in [2.75, 3.05) is 0 Å². The molecule has 2 rings (SSSR count). The molecule has 2 aliphatic carbocycles. The second kappa shape index (κ2) is 13.4. The number of hydrogen-bond acceptors (Lipinski definition) is 0. The minimum absolute atomic E-state index is 0. The number of hydrogen-bond donors (Lipinski definition) is 0. The molecule has 0 saturated carbocycles. The third-order valence-electron chi connectivity index (χ3n) is 1.45. The number of allylic oxidation sites excluding steroid dienone is 8. The van der Waals surface area contributed by atoms with Gasteiger partial charge < -0.3 is 24.8 Å². The molecular weight excluding hydrogens is 382 g/mol. The van der Waals surface area contributed by atoms with Gasteiger partial charge >= 0.3 is 25.8 Å². The van der Waals surface area contributed by atoms with Gasteiger partial charge in [0.25, 0.3) is 0 Å². The Balaban J connectivity index is -0.000000144. The zero-order valence-electron chi connectivity index (χ0n) is 8.06. The monoisotopic (exact) mass is 394 g/mol. The molecule has 2 aliphatic rings. The molecule has 0 radical (unpaired) electrons. The summed E-state index contributed by atoms with van der Waals surface area (Å²) >= 11 is 0. The molecule has 0 amide bonds. The van der Waals surface area contributed by atoms with E-state index >= 15 is 0 Å². The molecule has 74 valence electrons. The van der Waals surface area contributed by atoms with Gasteiger partial charge in [0.15, 0.2) is 0 Å². The fraction of sp³-hybridized carbons (Fsp3) is 0.273. The van der Waals surface area contributed by atoms with Crippen LogP contribution in [-0.2, 0) is 25.8 Å². The average molecular weight is 394 g/mol. The maximum atomic E-state index is 3.12. The molecule has 0 bridgehead atoms. The fourth-order valence-electron chi connectivity index (χ4n) is 0.855. The summed E-state index contributed by atoms with van der Waals surface area (Å²) in [6, 6.07) is 0. The predicted molar refractivity (Wildman–Crippen MR) is 47.8 cm³/mol. The van der Waals surface area contributed by atoms with Crippen LogP contribution in [0.3, 0.4) is 0 Å². The summed E-state index contributed by atoms with van der Waals surface area (Å²) in [6.07, 6.45) is 18.3. The summed E-state index contributed by atoms with van der Waals surface area (Å²) in [4.78, 5) is 0. The summed E-state index contributed by atoms with van der Waals surface area (Å²) in [7, 11) is 0. The molecule has 0 unspecified atom stereocenters. The van der Waals surface area contributed by atoms with Crippen molar-refractivity contribution in [2.24, 2.45) is 0 Å². The van der Waals surface area contributed by atoms with Crippen molar-refractivity contribution in [2.45, 2.75) is 19.8 Å². The topological polar surface area (TPSA) is 0 Å². The van der Waals surface area contributed by atoms with Crippen molar-refractivity contribution < 1.29 is 50.7 Å². The van der Waals surface area contributed by atoms with E-state index in [0.717, 1.165) is 12.8 Å². The van der Waals surface area contributed by atoms with Crippen LogP contribution in [0.2, 0.25) is 0 Å². The second-order valence-corrected chi connectivity index (χ2v) is 2.47. The van der Waals surface area contributed by atoms with Gasteiger partial charge in [-0.1, -0.05) is 6.92 Å². The Morgan fingerprint density at radius 2 is 1.86 bits per heavy atom. The minimum atomic E-state index is 0. The minimum Gasteiger partial charge on any atom is -1.00 e. The van der Waals surface area contributed by atoms with Gasteiger partial charge in [-0.3, -0.25) is 12.2 Å². The van der Waals surface area contributed by atoms with Gasteiger partial charge in [0.2, 0.25) is 0 Å². The van der Waals surface area contributed by atoms with Gasteiger partial charge in [-0.05, 0) is 0 Å². The van der Waals surface area contributed by atoms with Crippen LogP contribution in [-0.4, -0.2) is 0 Å². The summed E-state index contributed by atoms with van der Waals surface area (Å²) < 4.78 is 0. The second-order valence-electron chi connectivity index (χ2n) is 2.47. The molecule has 3 heteroatoms. The molecule has 0 fully saturated rings. The molecule has 0 aromatic rings. The van der Waals surface area contributed by atoms with E-state index < -0.39 is 0 Å². The van der Waals surface area contributed by atoms with E-state index in [4.69, 9.17) is 0 Å². The van der Waals surface area contributed by atoms with Crippen molar-refractivity contribution in [3.8, 4) is 0 Å². The first-order valence-corrected chi connectivity index (χ1v) is 3.85. The van der Waals surface area contributed by atoms with Gasteiger partial charge in [0.05, 0.1) is 0 Å². The normalized spacial score (nSPS) is 14.2. The van der Waals surface area contributed by atoms with Crippen molar-refractivity contribution in [3.05, 3.63) is 48.1 Å². The molecule has 0 saturated heterocycles. The van der Waals surface area contributed by atoms with Crippen LogP contribution in [0.5, 0.6) is 0 Å². The maximum Gasteiger partial charge on any atom is 4.00 e. The Kier molecular flexibility index (Phi) is 19.1. The van der Waals surface area contributed by atoms with E-state index in [2.05, 4.69) is 37.3 Å². The van der Waals surface area contributed by atoms with Gasteiger partial charge in [0.1, 0.15) is 0 Å². The SMILES string of the molecule is CC1=[C-]CC=C1.[C-]1=CC=CC1.[Cl-].[Cl-].[Hf+4]. The molecule has 0 heterocycles. The van der Waals surface area contributed by atoms with Crippen LogP contribution in [0.1, 0.15) is 19.8 Å². The first-order chi connectivity index (χ1) is 5.39. The first-order valence-electron chi connectivity index (χ1n) is 3.85. The van der Waals surface area contributed by atoms with Crippen molar-refractivity contribution in [3.63, 3.8) is 0 Å². The number of rotatable bonds is 0. The van der Waals surface area contributed by atoms with E-state index in [9.17, 15) is 0 Å². The Hall–Kier alpha value is 0.410. The van der Waals surface area contributed by atoms with Gasteiger partial charge in [-0.15, -0.1) is 12.8 Å². The number of halogens is 2. The largest absolute Gasteiger partial charge is 4.00 e. The summed E-state index contributed by atoms with van der Waals surface area (Å²) in [5, 5.41) is 0. The zero-order valence-corrected chi connectivity index (χ0v) is 13.2. The Morgan fingerprint density at radius 3 is 2.00 bits per heavy atom. The standard InChI is InChI=1S/C6H7.C5H5.2ClH.Hf/c1-6-4-2-3-5-6;1-2-4-5-3-1;;;/h2,4H,3H2,1H3;1-3H,4H2;2*1H;/q2*-1;;;+4/p-2. The Morgan fingerprint density at radius 1 is 1.14 bits per heavy atom. The summed E-state index contributed by atoms with van der Waals surface area (Å²) in [5.41, 5.74) is 1.27. The quantitative estimate of drug-likeness (QED) is 0.304. The third-order valence-corrected chi connectivity index (χ3v) is 1.45. The molecule has 0 nitrogen and oxygen atoms in total. The average Bonchev–Trinajstić information content (AvgIpc) is 2.57. The van der Waals surface area contributed by atoms with Crippen LogP contribution < -0.4 is 24.8 Å². The van der Waals surface area contributed by atoms with E-state index in [-0.39, 0.29) is 50.7 Å². The van der Waals surface area contributed by atoms with Crippen LogP contribution in [0, 0.1) is 12.2 Å². The van der Waals surface area contributed by atoms with Crippen molar-refractivity contribution >= 4 is 0 Å². The van der Waals surface area contributed by atoms with E-state index in [1.807, 2.05) is 12.2 Å². The predicted octanol–water partition coefficient (Wildman–Crippen LogP) is -2.99. The molecule has 0 atom stereocenters. The van der Waals surface area contributed by atoms with E-state index in [1.54, 1.807) is 0 Å². The third kappa shape index (κ3) is 10.5. The van der Waals surface area contributed by atoms with Crippen LogP contribution >= 0.6 is 0 Å². The molecular formula is C11H12Cl2Hf.